The highest BCUT2D eigenvalue weighted by atomic mass is 79.9. The van der Waals surface area contributed by atoms with Crippen LogP contribution in [0.25, 0.3) is 0 Å². The Labute approximate surface area is 160 Å². The Balaban J connectivity index is 1.86. The third kappa shape index (κ3) is 6.51. The van der Waals surface area contributed by atoms with Crippen molar-refractivity contribution >= 4 is 27.6 Å². The van der Waals surface area contributed by atoms with Gasteiger partial charge in [0.2, 0.25) is 0 Å². The van der Waals surface area contributed by atoms with E-state index in [0.29, 0.717) is 12.5 Å². The van der Waals surface area contributed by atoms with Gasteiger partial charge in [0, 0.05) is 43.4 Å². The summed E-state index contributed by atoms with van der Waals surface area (Å²) in [6.45, 7) is 10.8. The van der Waals surface area contributed by atoms with Crippen LogP contribution in [0.2, 0.25) is 0 Å². The van der Waals surface area contributed by atoms with Crippen LogP contribution >= 0.6 is 15.9 Å². The molecule has 1 saturated heterocycles. The molecule has 0 saturated carbocycles. The van der Waals surface area contributed by atoms with E-state index in [9.17, 15) is 0 Å². The van der Waals surface area contributed by atoms with Crippen LogP contribution in [0.5, 0.6) is 0 Å². The van der Waals surface area contributed by atoms with E-state index in [1.807, 2.05) is 13.8 Å². The van der Waals surface area contributed by atoms with E-state index in [1.54, 1.807) is 7.11 Å². The number of hydrogen-bond acceptors (Lipinski definition) is 3. The summed E-state index contributed by atoms with van der Waals surface area (Å²) in [6.07, 6.45) is 1.20. The Bertz CT molecular complexity index is 576. The van der Waals surface area contributed by atoms with Crippen molar-refractivity contribution in [1.29, 1.82) is 0 Å². The summed E-state index contributed by atoms with van der Waals surface area (Å²) in [5.74, 6) is 1.49. The number of halogens is 1. The minimum absolute atomic E-state index is 0.243. The number of methoxy groups -OCH3 is 1. The lowest BCUT2D eigenvalue weighted by Gasteiger charge is -2.22. The molecule has 1 heterocycles. The smallest absolute Gasteiger partial charge is 0.191 e. The van der Waals surface area contributed by atoms with Gasteiger partial charge in [-0.25, -0.2) is 0 Å². The van der Waals surface area contributed by atoms with Crippen molar-refractivity contribution in [2.24, 2.45) is 10.9 Å². The third-order valence-corrected chi connectivity index (χ3v) is 5.03. The molecule has 1 aromatic rings. The van der Waals surface area contributed by atoms with Gasteiger partial charge in [-0.2, -0.15) is 0 Å². The Morgan fingerprint density at radius 2 is 2.20 bits per heavy atom. The summed E-state index contributed by atoms with van der Waals surface area (Å²) in [5, 5.41) is 6.81. The molecule has 0 spiro atoms. The largest absolute Gasteiger partial charge is 0.377 e. The molecule has 0 amide bonds. The highest BCUT2D eigenvalue weighted by molar-refractivity contribution is 9.10. The zero-order valence-electron chi connectivity index (χ0n) is 15.8. The topological polar surface area (TPSA) is 48.9 Å². The fourth-order valence-electron chi connectivity index (χ4n) is 2.82. The second kappa shape index (κ2) is 9.43. The van der Waals surface area contributed by atoms with E-state index in [4.69, 9.17) is 4.74 Å². The number of guanidine groups is 1. The molecular weight excluding hydrogens is 380 g/mol. The number of aliphatic imine (C=N–C) groups is 1. The van der Waals surface area contributed by atoms with Crippen LogP contribution in [0, 0.1) is 5.92 Å². The molecule has 1 fully saturated rings. The van der Waals surface area contributed by atoms with Crippen molar-refractivity contribution in [3.8, 4) is 0 Å². The minimum atomic E-state index is -0.243. The van der Waals surface area contributed by atoms with E-state index < -0.39 is 0 Å². The standard InChI is InChI=1S/C19H31BrN4O/c1-5-21-18(23-14-19(2,3)25-4)22-12-15-9-10-24(13-15)17-8-6-7-16(20)11-17/h6-8,11,15H,5,9-10,12-14H2,1-4H3,(H2,21,22,23). The van der Waals surface area contributed by atoms with Crippen LogP contribution in [0.3, 0.4) is 0 Å². The molecule has 1 unspecified atom stereocenters. The molecule has 25 heavy (non-hydrogen) atoms. The van der Waals surface area contributed by atoms with Crippen molar-refractivity contribution in [1.82, 2.24) is 10.6 Å². The van der Waals surface area contributed by atoms with Crippen molar-refractivity contribution in [3.05, 3.63) is 28.7 Å². The lowest BCUT2D eigenvalue weighted by atomic mass is 10.1. The van der Waals surface area contributed by atoms with Gasteiger partial charge in [0.25, 0.3) is 0 Å². The normalized spacial score (nSPS) is 18.5. The van der Waals surface area contributed by atoms with Crippen molar-refractivity contribution < 1.29 is 4.74 Å². The average molecular weight is 411 g/mol. The Morgan fingerprint density at radius 1 is 1.40 bits per heavy atom. The number of rotatable bonds is 7. The van der Waals surface area contributed by atoms with Gasteiger partial charge in [0.05, 0.1) is 12.1 Å². The molecule has 1 atom stereocenters. The number of nitrogens with one attached hydrogen (secondary N) is 2. The van der Waals surface area contributed by atoms with Gasteiger partial charge < -0.3 is 20.3 Å². The molecule has 2 rings (SSSR count). The second-order valence-electron chi connectivity index (χ2n) is 7.12. The Kier molecular flexibility index (Phi) is 7.56. The van der Waals surface area contributed by atoms with Crippen LogP contribution in [0.4, 0.5) is 5.69 Å². The first-order chi connectivity index (χ1) is 11.9. The zero-order chi connectivity index (χ0) is 18.3. The van der Waals surface area contributed by atoms with Crippen LogP contribution < -0.4 is 15.5 Å². The molecule has 1 aliphatic rings. The van der Waals surface area contributed by atoms with E-state index in [0.717, 1.165) is 36.6 Å². The van der Waals surface area contributed by atoms with Gasteiger partial charge in [-0.15, -0.1) is 0 Å². The number of hydrogen-bond donors (Lipinski definition) is 2. The van der Waals surface area contributed by atoms with Gasteiger partial charge in [0.1, 0.15) is 0 Å². The highest BCUT2D eigenvalue weighted by Gasteiger charge is 2.23. The van der Waals surface area contributed by atoms with Gasteiger partial charge in [0.15, 0.2) is 5.96 Å². The fraction of sp³-hybridized carbons (Fsp3) is 0.632. The molecule has 0 radical (unpaired) electrons. The van der Waals surface area contributed by atoms with Gasteiger partial charge in [-0.05, 0) is 51.3 Å². The molecule has 5 nitrogen and oxygen atoms in total. The maximum Gasteiger partial charge on any atom is 0.191 e. The third-order valence-electron chi connectivity index (χ3n) is 4.53. The highest BCUT2D eigenvalue weighted by Crippen LogP contribution is 2.25. The quantitative estimate of drug-likeness (QED) is 0.534. The van der Waals surface area contributed by atoms with Crippen LogP contribution in [0.15, 0.2) is 33.7 Å². The molecule has 0 bridgehead atoms. The Morgan fingerprint density at radius 3 is 2.88 bits per heavy atom. The number of benzene rings is 1. The van der Waals surface area contributed by atoms with Crippen molar-refractivity contribution in [2.75, 3.05) is 44.7 Å². The summed E-state index contributed by atoms with van der Waals surface area (Å²) in [5.41, 5.74) is 1.05. The molecular formula is C19H31BrN4O. The van der Waals surface area contributed by atoms with E-state index in [1.165, 1.54) is 12.1 Å². The lowest BCUT2D eigenvalue weighted by molar-refractivity contribution is 0.0310. The maximum atomic E-state index is 5.44. The molecule has 6 heteroatoms. The van der Waals surface area contributed by atoms with Crippen LogP contribution in [-0.2, 0) is 4.74 Å². The predicted octanol–water partition coefficient (Wildman–Crippen LogP) is 3.26. The summed E-state index contributed by atoms with van der Waals surface area (Å²) < 4.78 is 6.58. The first-order valence-corrected chi connectivity index (χ1v) is 9.80. The molecule has 140 valence electrons. The molecule has 2 N–H and O–H groups in total. The second-order valence-corrected chi connectivity index (χ2v) is 8.04. The monoisotopic (exact) mass is 410 g/mol. The maximum absolute atomic E-state index is 5.44. The van der Waals surface area contributed by atoms with Crippen LogP contribution in [-0.4, -0.2) is 51.4 Å². The first kappa shape index (κ1) is 20.0. The Hall–Kier alpha value is -1.27. The zero-order valence-corrected chi connectivity index (χ0v) is 17.4. The average Bonchev–Trinajstić information content (AvgIpc) is 3.06. The molecule has 1 aromatic carbocycles. The first-order valence-electron chi connectivity index (χ1n) is 9.01. The lowest BCUT2D eigenvalue weighted by Crippen LogP contribution is -2.41. The SMILES string of the molecule is CCNC(=NCC(C)(C)OC)NCC1CCN(c2cccc(Br)c2)C1. The summed E-state index contributed by atoms with van der Waals surface area (Å²) in [6, 6.07) is 8.53. The fourth-order valence-corrected chi connectivity index (χ4v) is 3.21. The van der Waals surface area contributed by atoms with Gasteiger partial charge in [-0.1, -0.05) is 22.0 Å². The minimum Gasteiger partial charge on any atom is -0.377 e. The van der Waals surface area contributed by atoms with Crippen molar-refractivity contribution in [3.63, 3.8) is 0 Å². The molecule has 1 aliphatic heterocycles. The molecule has 0 aromatic heterocycles. The summed E-state index contributed by atoms with van der Waals surface area (Å²) in [7, 11) is 1.73. The van der Waals surface area contributed by atoms with Crippen LogP contribution in [0.1, 0.15) is 27.2 Å². The number of ether oxygens (including phenoxy) is 1. The number of anilines is 1. The van der Waals surface area contributed by atoms with E-state index in [2.05, 4.69) is 67.6 Å². The summed E-state index contributed by atoms with van der Waals surface area (Å²) in [4.78, 5) is 7.11. The van der Waals surface area contributed by atoms with Crippen molar-refractivity contribution in [2.45, 2.75) is 32.8 Å². The predicted molar refractivity (Wildman–Crippen MR) is 110 cm³/mol. The van der Waals surface area contributed by atoms with E-state index in [-0.39, 0.29) is 5.60 Å². The van der Waals surface area contributed by atoms with Gasteiger partial charge in [-0.3, -0.25) is 4.99 Å². The molecule has 0 aliphatic carbocycles. The number of nitrogens with zero attached hydrogens (tertiary/aromatic N) is 2. The van der Waals surface area contributed by atoms with E-state index >= 15 is 0 Å². The summed E-state index contributed by atoms with van der Waals surface area (Å²) >= 11 is 3.56. The van der Waals surface area contributed by atoms with Gasteiger partial charge >= 0.3 is 0 Å².